The van der Waals surface area contributed by atoms with Crippen LogP contribution in [0.5, 0.6) is 0 Å². The summed E-state index contributed by atoms with van der Waals surface area (Å²) in [4.78, 5) is 35.6. The third-order valence-electron chi connectivity index (χ3n) is 3.87. The number of hydrogen-bond donors (Lipinski definition) is 2. The van der Waals surface area contributed by atoms with E-state index in [0.717, 1.165) is 17.3 Å². The fourth-order valence-electron chi connectivity index (χ4n) is 2.21. The zero-order chi connectivity index (χ0) is 17.7. The van der Waals surface area contributed by atoms with E-state index in [2.05, 4.69) is 26.6 Å². The van der Waals surface area contributed by atoms with E-state index in [9.17, 15) is 14.4 Å². The highest BCUT2D eigenvalue weighted by atomic mass is 79.9. The Balaban J connectivity index is 1.73. The van der Waals surface area contributed by atoms with Crippen molar-refractivity contribution in [1.82, 2.24) is 10.6 Å². The molecular formula is C17H21BrN2O4. The van der Waals surface area contributed by atoms with Crippen LogP contribution in [0.1, 0.15) is 37.0 Å². The van der Waals surface area contributed by atoms with Gasteiger partial charge in [-0.15, -0.1) is 0 Å². The second-order valence-electron chi connectivity index (χ2n) is 6.00. The Labute approximate surface area is 149 Å². The first-order chi connectivity index (χ1) is 11.4. The van der Waals surface area contributed by atoms with E-state index in [1.807, 2.05) is 6.92 Å². The molecule has 0 aromatic heterocycles. The van der Waals surface area contributed by atoms with Gasteiger partial charge in [0, 0.05) is 16.1 Å². The standard InChI is InChI=1S/C17H21BrN2O4/c1-10(12-3-4-12)19-15(21)9-24-17(23)11(2)20-16(22)13-5-7-14(18)8-6-13/h5-8,10-12H,3-4,9H2,1-2H3,(H,19,21)(H,20,22)/t10-,11+/m1/s1. The molecule has 24 heavy (non-hydrogen) atoms. The van der Waals surface area contributed by atoms with Crippen LogP contribution in [0, 0.1) is 5.92 Å². The summed E-state index contributed by atoms with van der Waals surface area (Å²) in [6.07, 6.45) is 2.25. The predicted octanol–water partition coefficient (Wildman–Crippen LogP) is 2.03. The predicted molar refractivity (Wildman–Crippen MR) is 92.4 cm³/mol. The molecule has 0 saturated heterocycles. The number of benzene rings is 1. The molecule has 0 aliphatic heterocycles. The third-order valence-corrected chi connectivity index (χ3v) is 4.40. The van der Waals surface area contributed by atoms with Crippen LogP contribution in [0.15, 0.2) is 28.7 Å². The lowest BCUT2D eigenvalue weighted by Gasteiger charge is -2.15. The summed E-state index contributed by atoms with van der Waals surface area (Å²) in [7, 11) is 0. The average Bonchev–Trinajstić information content (AvgIpc) is 3.37. The van der Waals surface area contributed by atoms with Crippen molar-refractivity contribution in [3.05, 3.63) is 34.3 Å². The summed E-state index contributed by atoms with van der Waals surface area (Å²) in [6.45, 7) is 3.12. The summed E-state index contributed by atoms with van der Waals surface area (Å²) < 4.78 is 5.81. The van der Waals surface area contributed by atoms with Crippen LogP contribution in [0.4, 0.5) is 0 Å². The first-order valence-electron chi connectivity index (χ1n) is 7.89. The smallest absolute Gasteiger partial charge is 0.328 e. The Hall–Kier alpha value is -1.89. The molecule has 0 spiro atoms. The lowest BCUT2D eigenvalue weighted by atomic mass is 10.2. The van der Waals surface area contributed by atoms with E-state index in [4.69, 9.17) is 4.74 Å². The van der Waals surface area contributed by atoms with E-state index < -0.39 is 12.0 Å². The molecule has 130 valence electrons. The second kappa shape index (κ2) is 8.28. The van der Waals surface area contributed by atoms with E-state index in [0.29, 0.717) is 11.5 Å². The Morgan fingerprint density at radius 1 is 1.17 bits per heavy atom. The Bertz CT molecular complexity index is 614. The molecule has 2 rings (SSSR count). The molecule has 1 aliphatic rings. The highest BCUT2D eigenvalue weighted by Crippen LogP contribution is 2.32. The molecule has 2 amide bonds. The highest BCUT2D eigenvalue weighted by Gasteiger charge is 2.29. The first kappa shape index (κ1) is 18.4. The zero-order valence-corrected chi connectivity index (χ0v) is 15.3. The van der Waals surface area contributed by atoms with Crippen molar-refractivity contribution in [1.29, 1.82) is 0 Å². The van der Waals surface area contributed by atoms with Crippen LogP contribution >= 0.6 is 15.9 Å². The van der Waals surface area contributed by atoms with Crippen LogP contribution in [-0.2, 0) is 14.3 Å². The number of nitrogens with one attached hydrogen (secondary N) is 2. The van der Waals surface area contributed by atoms with Gasteiger partial charge in [0.2, 0.25) is 0 Å². The second-order valence-corrected chi connectivity index (χ2v) is 6.92. The number of amides is 2. The van der Waals surface area contributed by atoms with E-state index >= 15 is 0 Å². The lowest BCUT2D eigenvalue weighted by molar-refractivity contribution is -0.150. The Kier molecular flexibility index (Phi) is 6.36. The van der Waals surface area contributed by atoms with Crippen molar-refractivity contribution in [2.45, 2.75) is 38.8 Å². The molecule has 1 saturated carbocycles. The third kappa shape index (κ3) is 5.63. The van der Waals surface area contributed by atoms with Gasteiger partial charge < -0.3 is 15.4 Å². The first-order valence-corrected chi connectivity index (χ1v) is 8.68. The monoisotopic (exact) mass is 396 g/mol. The molecule has 1 aliphatic carbocycles. The molecule has 2 N–H and O–H groups in total. The fourth-order valence-corrected chi connectivity index (χ4v) is 2.48. The molecular weight excluding hydrogens is 376 g/mol. The van der Waals surface area contributed by atoms with Crippen LogP contribution in [0.25, 0.3) is 0 Å². The number of ether oxygens (including phenoxy) is 1. The molecule has 7 heteroatoms. The van der Waals surface area contributed by atoms with Crippen molar-refractivity contribution < 1.29 is 19.1 Å². The van der Waals surface area contributed by atoms with Crippen LogP contribution in [0.2, 0.25) is 0 Å². The molecule has 6 nitrogen and oxygen atoms in total. The van der Waals surface area contributed by atoms with Gasteiger partial charge in [-0.25, -0.2) is 4.79 Å². The molecule has 1 aromatic carbocycles. The van der Waals surface area contributed by atoms with Crippen molar-refractivity contribution >= 4 is 33.7 Å². The summed E-state index contributed by atoms with van der Waals surface area (Å²) in [6, 6.07) is 6.03. The largest absolute Gasteiger partial charge is 0.454 e. The summed E-state index contributed by atoms with van der Waals surface area (Å²) in [5.74, 6) is -0.809. The van der Waals surface area contributed by atoms with Crippen LogP contribution < -0.4 is 10.6 Å². The van der Waals surface area contributed by atoms with Gasteiger partial charge in [-0.2, -0.15) is 0 Å². The maximum Gasteiger partial charge on any atom is 0.328 e. The number of halogens is 1. The minimum Gasteiger partial charge on any atom is -0.454 e. The molecule has 1 fully saturated rings. The number of rotatable bonds is 7. The lowest BCUT2D eigenvalue weighted by Crippen LogP contribution is -2.42. The van der Waals surface area contributed by atoms with Gasteiger partial charge >= 0.3 is 5.97 Å². The maximum absolute atomic E-state index is 12.0. The SMILES string of the molecule is C[C@H](NC(=O)c1ccc(Br)cc1)C(=O)OCC(=O)N[C@H](C)C1CC1. The van der Waals surface area contributed by atoms with Gasteiger partial charge in [0.05, 0.1) is 0 Å². The van der Waals surface area contributed by atoms with E-state index in [-0.39, 0.29) is 24.5 Å². The van der Waals surface area contributed by atoms with Gasteiger partial charge in [0.1, 0.15) is 6.04 Å². The topological polar surface area (TPSA) is 84.5 Å². The van der Waals surface area contributed by atoms with Crippen molar-refractivity contribution in [2.24, 2.45) is 5.92 Å². The minimum absolute atomic E-state index is 0.103. The number of esters is 1. The molecule has 0 bridgehead atoms. The van der Waals surface area contributed by atoms with Crippen LogP contribution in [0.3, 0.4) is 0 Å². The normalized spacial score (nSPS) is 16.0. The van der Waals surface area contributed by atoms with Gasteiger partial charge in [-0.3, -0.25) is 9.59 Å². The summed E-state index contributed by atoms with van der Waals surface area (Å²) >= 11 is 3.29. The fraction of sp³-hybridized carbons (Fsp3) is 0.471. The molecule has 2 atom stereocenters. The minimum atomic E-state index is -0.838. The van der Waals surface area contributed by atoms with Gasteiger partial charge in [0.25, 0.3) is 11.8 Å². The highest BCUT2D eigenvalue weighted by molar-refractivity contribution is 9.10. The molecule has 1 aromatic rings. The van der Waals surface area contributed by atoms with Crippen molar-refractivity contribution in [3.8, 4) is 0 Å². The molecule has 0 heterocycles. The Morgan fingerprint density at radius 2 is 1.79 bits per heavy atom. The average molecular weight is 397 g/mol. The summed E-state index contributed by atoms with van der Waals surface area (Å²) in [5, 5.41) is 5.35. The van der Waals surface area contributed by atoms with Gasteiger partial charge in [-0.05, 0) is 56.9 Å². The van der Waals surface area contributed by atoms with Gasteiger partial charge in [0.15, 0.2) is 6.61 Å². The van der Waals surface area contributed by atoms with Gasteiger partial charge in [-0.1, -0.05) is 15.9 Å². The quantitative estimate of drug-likeness (QED) is 0.690. The van der Waals surface area contributed by atoms with E-state index in [1.165, 1.54) is 6.92 Å². The molecule has 0 radical (unpaired) electrons. The van der Waals surface area contributed by atoms with Crippen molar-refractivity contribution in [3.63, 3.8) is 0 Å². The molecule has 0 unspecified atom stereocenters. The Morgan fingerprint density at radius 3 is 2.38 bits per heavy atom. The number of carbonyl (C=O) groups excluding carboxylic acids is 3. The zero-order valence-electron chi connectivity index (χ0n) is 13.7. The van der Waals surface area contributed by atoms with E-state index in [1.54, 1.807) is 24.3 Å². The summed E-state index contributed by atoms with van der Waals surface area (Å²) in [5.41, 5.74) is 0.439. The van der Waals surface area contributed by atoms with Crippen LogP contribution in [-0.4, -0.2) is 36.5 Å². The number of carbonyl (C=O) groups is 3. The maximum atomic E-state index is 12.0. The number of hydrogen-bond acceptors (Lipinski definition) is 4. The van der Waals surface area contributed by atoms with Crippen molar-refractivity contribution in [2.75, 3.05) is 6.61 Å².